The Balaban J connectivity index is 2.13. The summed E-state index contributed by atoms with van der Waals surface area (Å²) in [5, 5.41) is 14.7. The van der Waals surface area contributed by atoms with Crippen molar-refractivity contribution >= 4 is 34.2 Å². The van der Waals surface area contributed by atoms with Gasteiger partial charge < -0.3 is 5.32 Å². The number of non-ortho nitro benzene ring substituents is 1. The van der Waals surface area contributed by atoms with Crippen molar-refractivity contribution < 1.29 is 4.92 Å². The van der Waals surface area contributed by atoms with E-state index in [1.54, 1.807) is 23.2 Å². The zero-order chi connectivity index (χ0) is 17.8. The Bertz CT molecular complexity index is 929. The molecule has 0 saturated heterocycles. The molecule has 0 spiro atoms. The van der Waals surface area contributed by atoms with Crippen LogP contribution in [0.3, 0.4) is 0 Å². The third kappa shape index (κ3) is 3.37. The van der Waals surface area contributed by atoms with Crippen LogP contribution in [0.2, 0.25) is 0 Å². The van der Waals surface area contributed by atoms with E-state index in [4.69, 9.17) is 0 Å². The van der Waals surface area contributed by atoms with Crippen LogP contribution in [-0.4, -0.2) is 33.5 Å². The lowest BCUT2D eigenvalue weighted by atomic mass is 10.2. The Morgan fingerprint density at radius 1 is 1.32 bits per heavy atom. The van der Waals surface area contributed by atoms with Crippen LogP contribution in [0, 0.1) is 10.1 Å². The smallest absolute Gasteiger partial charge is 0.270 e. The van der Waals surface area contributed by atoms with Gasteiger partial charge in [-0.1, -0.05) is 12.1 Å². The number of nitro benzene ring substituents is 1. The van der Waals surface area contributed by atoms with E-state index < -0.39 is 4.92 Å². The molecule has 8 nitrogen and oxygen atoms in total. The van der Waals surface area contributed by atoms with Crippen LogP contribution in [-0.2, 0) is 0 Å². The highest BCUT2D eigenvalue weighted by atomic mass is 16.6. The molecule has 3 aromatic rings. The molecule has 0 saturated carbocycles. The van der Waals surface area contributed by atoms with Gasteiger partial charge in [0, 0.05) is 37.3 Å². The first-order valence-electron chi connectivity index (χ1n) is 7.56. The number of fused-ring (bicyclic) bond motifs is 1. The summed E-state index contributed by atoms with van der Waals surface area (Å²) in [6.07, 6.45) is 3.38. The molecule has 0 bridgehead atoms. The molecule has 0 aliphatic carbocycles. The highest BCUT2D eigenvalue weighted by molar-refractivity contribution is 5.92. The molecule has 2 aromatic heterocycles. The van der Waals surface area contributed by atoms with Gasteiger partial charge in [0.1, 0.15) is 11.6 Å². The standard InChI is InChI=1S/C17H16N6O2/c1-3-9-19-16-13-11-12(23(24)25)7-8-14(13)20-17(21-16)22(2)15-6-4-5-10-18-15/h3-8,10-11H,1,9H2,2H3,(H,19,20,21). The van der Waals surface area contributed by atoms with Crippen LogP contribution in [0.25, 0.3) is 10.9 Å². The Labute approximate surface area is 144 Å². The lowest BCUT2D eigenvalue weighted by Gasteiger charge is -2.18. The molecule has 0 aliphatic heterocycles. The van der Waals surface area contributed by atoms with E-state index in [1.807, 2.05) is 25.2 Å². The molecule has 1 N–H and O–H groups in total. The summed E-state index contributed by atoms with van der Waals surface area (Å²) in [6, 6.07) is 10.1. The largest absolute Gasteiger partial charge is 0.366 e. The fourth-order valence-electron chi connectivity index (χ4n) is 2.33. The van der Waals surface area contributed by atoms with Crippen molar-refractivity contribution in [3.05, 3.63) is 65.4 Å². The maximum absolute atomic E-state index is 11.0. The molecule has 0 amide bonds. The molecular weight excluding hydrogens is 320 g/mol. The van der Waals surface area contributed by atoms with Gasteiger partial charge in [-0.3, -0.25) is 15.0 Å². The van der Waals surface area contributed by atoms with Gasteiger partial charge in [-0.25, -0.2) is 9.97 Å². The molecule has 2 heterocycles. The number of benzene rings is 1. The van der Waals surface area contributed by atoms with Crippen LogP contribution in [0.15, 0.2) is 55.3 Å². The number of nitro groups is 1. The van der Waals surface area contributed by atoms with Crippen molar-refractivity contribution in [2.75, 3.05) is 23.8 Å². The minimum atomic E-state index is -0.440. The predicted molar refractivity (Wildman–Crippen MR) is 97.2 cm³/mol. The van der Waals surface area contributed by atoms with E-state index in [2.05, 4.69) is 26.8 Å². The monoisotopic (exact) mass is 336 g/mol. The first-order chi connectivity index (χ1) is 12.1. The fourth-order valence-corrected chi connectivity index (χ4v) is 2.33. The molecule has 3 rings (SSSR count). The number of anilines is 3. The molecule has 25 heavy (non-hydrogen) atoms. The lowest BCUT2D eigenvalue weighted by Crippen LogP contribution is -2.15. The van der Waals surface area contributed by atoms with Gasteiger partial charge in [0.2, 0.25) is 5.95 Å². The Morgan fingerprint density at radius 3 is 2.84 bits per heavy atom. The topological polar surface area (TPSA) is 97.1 Å². The minimum Gasteiger partial charge on any atom is -0.366 e. The summed E-state index contributed by atoms with van der Waals surface area (Å²) in [7, 11) is 1.81. The van der Waals surface area contributed by atoms with Crippen LogP contribution in [0.4, 0.5) is 23.3 Å². The zero-order valence-corrected chi connectivity index (χ0v) is 13.6. The molecule has 126 valence electrons. The van der Waals surface area contributed by atoms with E-state index >= 15 is 0 Å². The second-order valence-corrected chi connectivity index (χ2v) is 5.25. The van der Waals surface area contributed by atoms with Crippen molar-refractivity contribution in [1.82, 2.24) is 15.0 Å². The fraction of sp³-hybridized carbons (Fsp3) is 0.118. The third-order valence-electron chi connectivity index (χ3n) is 3.59. The molecule has 0 atom stereocenters. The van der Waals surface area contributed by atoms with Gasteiger partial charge in [0.25, 0.3) is 5.69 Å². The number of hydrogen-bond acceptors (Lipinski definition) is 7. The minimum absolute atomic E-state index is 0.0106. The second kappa shape index (κ2) is 6.91. The van der Waals surface area contributed by atoms with Crippen molar-refractivity contribution in [1.29, 1.82) is 0 Å². The summed E-state index contributed by atoms with van der Waals surface area (Å²) >= 11 is 0. The maximum Gasteiger partial charge on any atom is 0.270 e. The quantitative estimate of drug-likeness (QED) is 0.419. The Kier molecular flexibility index (Phi) is 4.51. The van der Waals surface area contributed by atoms with Crippen LogP contribution >= 0.6 is 0 Å². The normalized spacial score (nSPS) is 10.4. The summed E-state index contributed by atoms with van der Waals surface area (Å²) in [5.41, 5.74) is 0.591. The zero-order valence-electron chi connectivity index (χ0n) is 13.6. The Hall–Kier alpha value is -3.55. The second-order valence-electron chi connectivity index (χ2n) is 5.25. The van der Waals surface area contributed by atoms with Crippen molar-refractivity contribution in [2.45, 2.75) is 0 Å². The van der Waals surface area contributed by atoms with Crippen molar-refractivity contribution in [3.8, 4) is 0 Å². The van der Waals surface area contributed by atoms with Gasteiger partial charge >= 0.3 is 0 Å². The van der Waals surface area contributed by atoms with Crippen LogP contribution in [0.1, 0.15) is 0 Å². The number of nitrogens with zero attached hydrogens (tertiary/aromatic N) is 5. The van der Waals surface area contributed by atoms with E-state index in [0.717, 1.165) is 0 Å². The number of hydrogen-bond donors (Lipinski definition) is 1. The highest BCUT2D eigenvalue weighted by Gasteiger charge is 2.15. The predicted octanol–water partition coefficient (Wildman–Crippen LogP) is 3.30. The average Bonchev–Trinajstić information content (AvgIpc) is 2.65. The van der Waals surface area contributed by atoms with Gasteiger partial charge in [-0.2, -0.15) is 4.98 Å². The number of nitrogens with one attached hydrogen (secondary N) is 1. The van der Waals surface area contributed by atoms with Crippen molar-refractivity contribution in [3.63, 3.8) is 0 Å². The summed E-state index contributed by atoms with van der Waals surface area (Å²) in [5.74, 6) is 1.64. The molecule has 0 unspecified atom stereocenters. The summed E-state index contributed by atoms with van der Waals surface area (Å²) < 4.78 is 0. The molecule has 0 aliphatic rings. The van der Waals surface area contributed by atoms with Gasteiger partial charge in [0.05, 0.1) is 10.4 Å². The average molecular weight is 336 g/mol. The first-order valence-corrected chi connectivity index (χ1v) is 7.56. The van der Waals surface area contributed by atoms with Gasteiger partial charge in [0.15, 0.2) is 0 Å². The van der Waals surface area contributed by atoms with Crippen LogP contribution < -0.4 is 10.2 Å². The first kappa shape index (κ1) is 16.3. The van der Waals surface area contributed by atoms with Crippen LogP contribution in [0.5, 0.6) is 0 Å². The van der Waals surface area contributed by atoms with E-state index in [1.165, 1.54) is 12.1 Å². The number of rotatable bonds is 6. The van der Waals surface area contributed by atoms with Crippen molar-refractivity contribution in [2.24, 2.45) is 0 Å². The van der Waals surface area contributed by atoms with E-state index in [9.17, 15) is 10.1 Å². The SMILES string of the molecule is C=CCNc1nc(N(C)c2ccccn2)nc2ccc([N+](=O)[O-])cc12. The Morgan fingerprint density at radius 2 is 2.16 bits per heavy atom. The molecule has 0 fully saturated rings. The summed E-state index contributed by atoms with van der Waals surface area (Å²) in [6.45, 7) is 4.15. The number of aromatic nitrogens is 3. The number of pyridine rings is 1. The van der Waals surface area contributed by atoms with E-state index in [-0.39, 0.29) is 5.69 Å². The summed E-state index contributed by atoms with van der Waals surface area (Å²) in [4.78, 5) is 25.7. The lowest BCUT2D eigenvalue weighted by molar-refractivity contribution is -0.384. The molecule has 8 heteroatoms. The molecule has 1 aromatic carbocycles. The molecular formula is C17H16N6O2. The van der Waals surface area contributed by atoms with Gasteiger partial charge in [-0.05, 0) is 18.2 Å². The highest BCUT2D eigenvalue weighted by Crippen LogP contribution is 2.28. The van der Waals surface area contributed by atoms with E-state index in [0.29, 0.717) is 35.0 Å². The van der Waals surface area contributed by atoms with Gasteiger partial charge in [-0.15, -0.1) is 6.58 Å². The molecule has 0 radical (unpaired) electrons. The maximum atomic E-state index is 11.0. The third-order valence-corrected chi connectivity index (χ3v) is 3.59.